The summed E-state index contributed by atoms with van der Waals surface area (Å²) in [5.41, 5.74) is -2.09. The first-order valence-corrected chi connectivity index (χ1v) is 8.59. The second-order valence-electron chi connectivity index (χ2n) is 7.58. The molecule has 2 aromatic carbocycles. The van der Waals surface area contributed by atoms with Crippen molar-refractivity contribution >= 4 is 18.4 Å². The third kappa shape index (κ3) is 3.66. The van der Waals surface area contributed by atoms with Crippen LogP contribution < -0.4 is 5.46 Å². The molecule has 1 aliphatic rings. The van der Waals surface area contributed by atoms with E-state index in [1.807, 2.05) is 0 Å². The molecule has 0 radical (unpaired) electrons. The van der Waals surface area contributed by atoms with Gasteiger partial charge in [-0.2, -0.15) is 13.2 Å². The van der Waals surface area contributed by atoms with Gasteiger partial charge in [-0.25, -0.2) is 0 Å². The Kier molecular flexibility index (Phi) is 4.72. The summed E-state index contributed by atoms with van der Waals surface area (Å²) < 4.78 is 52.2. The van der Waals surface area contributed by atoms with Crippen LogP contribution in [0.3, 0.4) is 0 Å². The van der Waals surface area contributed by atoms with Gasteiger partial charge in [-0.05, 0) is 39.2 Å². The monoisotopic (exact) mass is 376 g/mol. The van der Waals surface area contributed by atoms with Crippen LogP contribution in [0.5, 0.6) is 0 Å². The highest BCUT2D eigenvalue weighted by molar-refractivity contribution is 6.62. The van der Waals surface area contributed by atoms with Gasteiger partial charge in [-0.1, -0.05) is 42.5 Å². The Hall–Kier alpha value is -2.12. The normalized spacial score (nSPS) is 18.6. The molecule has 1 saturated heterocycles. The number of hydrogen-bond donors (Lipinski definition) is 0. The van der Waals surface area contributed by atoms with Gasteiger partial charge in [0.15, 0.2) is 5.78 Å². The highest BCUT2D eigenvalue weighted by Gasteiger charge is 2.53. The Labute approximate surface area is 156 Å². The van der Waals surface area contributed by atoms with Gasteiger partial charge in [0.25, 0.3) is 0 Å². The molecule has 1 fully saturated rings. The zero-order valence-electron chi connectivity index (χ0n) is 15.6. The van der Waals surface area contributed by atoms with Gasteiger partial charge in [0, 0.05) is 11.1 Å². The van der Waals surface area contributed by atoms with E-state index >= 15 is 0 Å². The van der Waals surface area contributed by atoms with E-state index in [-0.39, 0.29) is 16.8 Å². The third-order valence-corrected chi connectivity index (χ3v) is 5.16. The topological polar surface area (TPSA) is 35.5 Å². The fourth-order valence-electron chi connectivity index (χ4n) is 2.88. The lowest BCUT2D eigenvalue weighted by atomic mass is 9.74. The van der Waals surface area contributed by atoms with E-state index in [1.165, 1.54) is 12.1 Å². The number of rotatable bonds is 3. The van der Waals surface area contributed by atoms with Gasteiger partial charge < -0.3 is 9.31 Å². The minimum absolute atomic E-state index is 0.152. The molecular formula is C20H20BF3O3. The predicted octanol–water partition coefficient (Wildman–Crippen LogP) is 4.24. The smallest absolute Gasteiger partial charge is 0.399 e. The second-order valence-corrected chi connectivity index (χ2v) is 7.58. The van der Waals surface area contributed by atoms with Crippen LogP contribution in [0, 0.1) is 0 Å². The zero-order chi connectivity index (χ0) is 20.0. The number of carbonyl (C=O) groups excluding carboxylic acids is 1. The maximum absolute atomic E-state index is 13.5. The van der Waals surface area contributed by atoms with Crippen LogP contribution in [0.4, 0.5) is 13.2 Å². The molecule has 2 aromatic rings. The van der Waals surface area contributed by atoms with Gasteiger partial charge >= 0.3 is 13.3 Å². The quantitative estimate of drug-likeness (QED) is 0.594. The molecule has 0 unspecified atom stereocenters. The molecular weight excluding hydrogens is 356 g/mol. The molecule has 27 heavy (non-hydrogen) atoms. The van der Waals surface area contributed by atoms with Crippen LogP contribution in [0.1, 0.15) is 49.2 Å². The maximum atomic E-state index is 13.5. The van der Waals surface area contributed by atoms with Crippen LogP contribution in [-0.4, -0.2) is 24.1 Å². The molecule has 1 aliphatic heterocycles. The average Bonchev–Trinajstić information content (AvgIpc) is 2.81. The van der Waals surface area contributed by atoms with Crippen molar-refractivity contribution in [2.45, 2.75) is 45.1 Å². The molecule has 3 rings (SSSR count). The first-order chi connectivity index (χ1) is 12.4. The highest BCUT2D eigenvalue weighted by Crippen LogP contribution is 2.38. The van der Waals surface area contributed by atoms with Crippen LogP contribution >= 0.6 is 0 Å². The number of benzene rings is 2. The molecule has 0 bridgehead atoms. The lowest BCUT2D eigenvalue weighted by molar-refractivity contribution is -0.136. The molecule has 0 atom stereocenters. The van der Waals surface area contributed by atoms with Crippen molar-refractivity contribution in [2.24, 2.45) is 0 Å². The molecule has 142 valence electrons. The molecule has 0 spiro atoms. The Morgan fingerprint density at radius 3 is 1.96 bits per heavy atom. The van der Waals surface area contributed by atoms with Crippen molar-refractivity contribution in [1.29, 1.82) is 0 Å². The van der Waals surface area contributed by atoms with Crippen molar-refractivity contribution < 1.29 is 27.3 Å². The Bertz CT molecular complexity index is 845. The number of carbonyl (C=O) groups is 1. The average molecular weight is 376 g/mol. The fraction of sp³-hybridized carbons (Fsp3) is 0.350. The standard InChI is InChI=1S/C20H20BF3O3/c1-18(2)19(3,4)27-21(26-18)16-12-14(10-11-15(16)20(22,23)24)17(25)13-8-6-5-7-9-13/h5-12H,1-4H3. The van der Waals surface area contributed by atoms with E-state index in [0.29, 0.717) is 5.56 Å². The maximum Gasteiger partial charge on any atom is 0.495 e. The van der Waals surface area contributed by atoms with E-state index in [2.05, 4.69) is 0 Å². The largest absolute Gasteiger partial charge is 0.495 e. The summed E-state index contributed by atoms with van der Waals surface area (Å²) in [7, 11) is -1.21. The minimum atomic E-state index is -4.59. The SMILES string of the molecule is CC1(C)OB(c2cc(C(=O)c3ccccc3)ccc2C(F)(F)F)OC1(C)C. The summed E-state index contributed by atoms with van der Waals surface area (Å²) in [5.74, 6) is -0.359. The van der Waals surface area contributed by atoms with Gasteiger partial charge in [0.2, 0.25) is 0 Å². The number of ketones is 1. The third-order valence-electron chi connectivity index (χ3n) is 5.16. The molecule has 0 saturated carbocycles. The highest BCUT2D eigenvalue weighted by atomic mass is 19.4. The van der Waals surface area contributed by atoms with Crippen LogP contribution in [0.15, 0.2) is 48.5 Å². The summed E-state index contributed by atoms with van der Waals surface area (Å²) in [6.45, 7) is 7.05. The van der Waals surface area contributed by atoms with Crippen LogP contribution in [-0.2, 0) is 15.5 Å². The molecule has 0 amide bonds. The first-order valence-electron chi connectivity index (χ1n) is 8.59. The number of hydrogen-bond acceptors (Lipinski definition) is 3. The predicted molar refractivity (Wildman–Crippen MR) is 97.0 cm³/mol. The summed E-state index contributed by atoms with van der Waals surface area (Å²) in [6.07, 6.45) is -4.59. The molecule has 7 heteroatoms. The summed E-state index contributed by atoms with van der Waals surface area (Å²) in [4.78, 5) is 12.7. The number of halogens is 3. The van der Waals surface area contributed by atoms with Crippen LogP contribution in [0.2, 0.25) is 0 Å². The lowest BCUT2D eigenvalue weighted by Crippen LogP contribution is -2.41. The van der Waals surface area contributed by atoms with E-state index in [1.54, 1.807) is 58.0 Å². The Balaban J connectivity index is 2.07. The van der Waals surface area contributed by atoms with Crippen molar-refractivity contribution in [3.8, 4) is 0 Å². The zero-order valence-corrected chi connectivity index (χ0v) is 15.6. The Morgan fingerprint density at radius 1 is 0.889 bits per heavy atom. The fourth-order valence-corrected chi connectivity index (χ4v) is 2.88. The summed E-state index contributed by atoms with van der Waals surface area (Å²) >= 11 is 0. The summed E-state index contributed by atoms with van der Waals surface area (Å²) in [5, 5.41) is 0. The van der Waals surface area contributed by atoms with Crippen molar-refractivity contribution in [1.82, 2.24) is 0 Å². The van der Waals surface area contributed by atoms with E-state index in [9.17, 15) is 18.0 Å². The van der Waals surface area contributed by atoms with E-state index in [0.717, 1.165) is 6.07 Å². The molecule has 0 aliphatic carbocycles. The van der Waals surface area contributed by atoms with Gasteiger partial charge in [-0.3, -0.25) is 4.79 Å². The molecule has 0 aromatic heterocycles. The van der Waals surface area contributed by atoms with Crippen molar-refractivity contribution in [2.75, 3.05) is 0 Å². The Morgan fingerprint density at radius 2 is 1.44 bits per heavy atom. The van der Waals surface area contributed by atoms with Crippen LogP contribution in [0.25, 0.3) is 0 Å². The summed E-state index contributed by atoms with van der Waals surface area (Å²) in [6, 6.07) is 11.7. The first kappa shape index (κ1) is 19.6. The van der Waals surface area contributed by atoms with Gasteiger partial charge in [0.05, 0.1) is 16.8 Å². The van der Waals surface area contributed by atoms with Gasteiger partial charge in [-0.15, -0.1) is 0 Å². The van der Waals surface area contributed by atoms with E-state index in [4.69, 9.17) is 9.31 Å². The van der Waals surface area contributed by atoms with Gasteiger partial charge in [0.1, 0.15) is 0 Å². The van der Waals surface area contributed by atoms with Crippen molar-refractivity contribution in [3.63, 3.8) is 0 Å². The number of alkyl halides is 3. The molecule has 0 N–H and O–H groups in total. The van der Waals surface area contributed by atoms with Crippen molar-refractivity contribution in [3.05, 3.63) is 65.2 Å². The lowest BCUT2D eigenvalue weighted by Gasteiger charge is -2.32. The molecule has 1 heterocycles. The second kappa shape index (κ2) is 6.50. The van der Waals surface area contributed by atoms with E-state index < -0.39 is 30.1 Å². The molecule has 3 nitrogen and oxygen atoms in total. The minimum Gasteiger partial charge on any atom is -0.399 e.